The van der Waals surface area contributed by atoms with E-state index in [4.69, 9.17) is 10.5 Å². The lowest BCUT2D eigenvalue weighted by Gasteiger charge is -2.07. The molecule has 2 rings (SSSR count). The minimum Gasteiger partial charge on any atom is -0.381 e. The molecule has 0 bridgehead atoms. The third-order valence-corrected chi connectivity index (χ3v) is 2.69. The van der Waals surface area contributed by atoms with Gasteiger partial charge >= 0.3 is 0 Å². The topological polar surface area (TPSA) is 35.2 Å². The van der Waals surface area contributed by atoms with Crippen molar-refractivity contribution >= 4 is 0 Å². The molecule has 2 fully saturated rings. The number of ether oxygens (including phenoxy) is 1. The van der Waals surface area contributed by atoms with Crippen molar-refractivity contribution in [2.24, 2.45) is 23.5 Å². The molecule has 0 spiro atoms. The molecule has 1 saturated carbocycles. The second-order valence-electron chi connectivity index (χ2n) is 3.09. The zero-order chi connectivity index (χ0) is 6.27. The highest BCUT2D eigenvalue weighted by Crippen LogP contribution is 2.49. The normalized spacial score (nSPS) is 48.3. The molecule has 0 aromatic carbocycles. The summed E-state index contributed by atoms with van der Waals surface area (Å²) in [4.78, 5) is 0. The molecule has 3 atom stereocenters. The smallest absolute Gasteiger partial charge is 0.0500 e. The molecule has 0 amide bonds. The maximum Gasteiger partial charge on any atom is 0.0500 e. The standard InChI is InChI=1S/C7H13NO/c8-3-6-5-1-2-9-4-7(5)6/h5-7H,1-4,8H2. The summed E-state index contributed by atoms with van der Waals surface area (Å²) in [6.07, 6.45) is 1.26. The van der Waals surface area contributed by atoms with Crippen molar-refractivity contribution in [2.75, 3.05) is 19.8 Å². The fourth-order valence-electron chi connectivity index (χ4n) is 1.99. The van der Waals surface area contributed by atoms with Gasteiger partial charge in [0.05, 0.1) is 0 Å². The molecule has 1 heterocycles. The van der Waals surface area contributed by atoms with E-state index in [9.17, 15) is 0 Å². The highest BCUT2D eigenvalue weighted by Gasteiger charge is 2.50. The molecule has 2 heteroatoms. The minimum atomic E-state index is 0.812. The summed E-state index contributed by atoms with van der Waals surface area (Å²) >= 11 is 0. The van der Waals surface area contributed by atoms with Crippen molar-refractivity contribution in [3.63, 3.8) is 0 Å². The molecular formula is C7H13NO. The molecule has 0 radical (unpaired) electrons. The summed E-state index contributed by atoms with van der Waals surface area (Å²) in [7, 11) is 0. The fraction of sp³-hybridized carbons (Fsp3) is 1.00. The van der Waals surface area contributed by atoms with Crippen LogP contribution in [0.15, 0.2) is 0 Å². The van der Waals surface area contributed by atoms with E-state index < -0.39 is 0 Å². The zero-order valence-corrected chi connectivity index (χ0v) is 5.55. The van der Waals surface area contributed by atoms with Gasteiger partial charge in [-0.2, -0.15) is 0 Å². The second kappa shape index (κ2) is 1.96. The quantitative estimate of drug-likeness (QED) is 0.547. The Morgan fingerprint density at radius 3 is 2.89 bits per heavy atom. The summed E-state index contributed by atoms with van der Waals surface area (Å²) < 4.78 is 5.30. The minimum absolute atomic E-state index is 0.812. The average Bonchev–Trinajstić information content (AvgIpc) is 2.60. The Morgan fingerprint density at radius 2 is 2.33 bits per heavy atom. The third kappa shape index (κ3) is 0.775. The average molecular weight is 127 g/mol. The van der Waals surface area contributed by atoms with Gasteiger partial charge in [-0.1, -0.05) is 0 Å². The lowest BCUT2D eigenvalue weighted by atomic mass is 10.2. The molecule has 0 aromatic heterocycles. The van der Waals surface area contributed by atoms with Crippen LogP contribution in [0.5, 0.6) is 0 Å². The van der Waals surface area contributed by atoms with Gasteiger partial charge < -0.3 is 10.5 Å². The van der Waals surface area contributed by atoms with E-state index >= 15 is 0 Å². The summed E-state index contributed by atoms with van der Waals surface area (Å²) in [6, 6.07) is 0. The first-order valence-corrected chi connectivity index (χ1v) is 3.71. The summed E-state index contributed by atoms with van der Waals surface area (Å²) in [5.74, 6) is 2.58. The van der Waals surface area contributed by atoms with Gasteiger partial charge in [0.2, 0.25) is 0 Å². The van der Waals surface area contributed by atoms with Crippen molar-refractivity contribution in [1.82, 2.24) is 0 Å². The van der Waals surface area contributed by atoms with Crippen LogP contribution in [0, 0.1) is 17.8 Å². The van der Waals surface area contributed by atoms with Gasteiger partial charge in [-0.15, -0.1) is 0 Å². The first-order valence-electron chi connectivity index (χ1n) is 3.71. The lowest BCUT2D eigenvalue weighted by molar-refractivity contribution is 0.0885. The Balaban J connectivity index is 1.91. The molecule has 2 N–H and O–H groups in total. The zero-order valence-electron chi connectivity index (χ0n) is 5.55. The van der Waals surface area contributed by atoms with Crippen LogP contribution in [-0.4, -0.2) is 19.8 Å². The first kappa shape index (κ1) is 5.69. The van der Waals surface area contributed by atoms with E-state index in [1.165, 1.54) is 6.42 Å². The molecule has 0 aromatic rings. The van der Waals surface area contributed by atoms with Gasteiger partial charge in [0.1, 0.15) is 0 Å². The molecule has 52 valence electrons. The van der Waals surface area contributed by atoms with Crippen LogP contribution in [0.4, 0.5) is 0 Å². The fourth-order valence-corrected chi connectivity index (χ4v) is 1.99. The van der Waals surface area contributed by atoms with Crippen LogP contribution >= 0.6 is 0 Å². The van der Waals surface area contributed by atoms with E-state index in [-0.39, 0.29) is 0 Å². The van der Waals surface area contributed by atoms with Crippen LogP contribution in [0.2, 0.25) is 0 Å². The largest absolute Gasteiger partial charge is 0.381 e. The highest BCUT2D eigenvalue weighted by atomic mass is 16.5. The Labute approximate surface area is 55.4 Å². The Hall–Kier alpha value is -0.0800. The van der Waals surface area contributed by atoms with Gasteiger partial charge in [-0.25, -0.2) is 0 Å². The van der Waals surface area contributed by atoms with Crippen molar-refractivity contribution in [2.45, 2.75) is 6.42 Å². The molecule has 1 aliphatic heterocycles. The van der Waals surface area contributed by atoms with Crippen LogP contribution < -0.4 is 5.73 Å². The molecule has 1 aliphatic carbocycles. The Bertz CT molecular complexity index is 96.7. The number of hydrogen-bond acceptors (Lipinski definition) is 2. The van der Waals surface area contributed by atoms with Crippen molar-refractivity contribution in [3.05, 3.63) is 0 Å². The first-order chi connectivity index (χ1) is 4.43. The number of nitrogens with two attached hydrogens (primary N) is 1. The molecule has 3 unspecified atom stereocenters. The molecular weight excluding hydrogens is 114 g/mol. The van der Waals surface area contributed by atoms with E-state index in [1.807, 2.05) is 0 Å². The summed E-state index contributed by atoms with van der Waals surface area (Å²) in [6.45, 7) is 2.82. The molecule has 2 aliphatic rings. The highest BCUT2D eigenvalue weighted by molar-refractivity contribution is 4.98. The summed E-state index contributed by atoms with van der Waals surface area (Å²) in [5.41, 5.74) is 5.54. The molecule has 9 heavy (non-hydrogen) atoms. The van der Waals surface area contributed by atoms with Gasteiger partial charge in [0.25, 0.3) is 0 Å². The van der Waals surface area contributed by atoms with E-state index in [0.717, 1.165) is 37.5 Å². The number of rotatable bonds is 1. The Morgan fingerprint density at radius 1 is 1.44 bits per heavy atom. The van der Waals surface area contributed by atoms with E-state index in [2.05, 4.69) is 0 Å². The second-order valence-corrected chi connectivity index (χ2v) is 3.09. The Kier molecular flexibility index (Phi) is 1.24. The maximum absolute atomic E-state index is 5.54. The van der Waals surface area contributed by atoms with Crippen molar-refractivity contribution in [3.8, 4) is 0 Å². The SMILES string of the molecule is NCC1C2CCOCC12. The van der Waals surface area contributed by atoms with Gasteiger partial charge in [-0.3, -0.25) is 0 Å². The van der Waals surface area contributed by atoms with Crippen molar-refractivity contribution < 1.29 is 4.74 Å². The number of fused-ring (bicyclic) bond motifs is 1. The predicted octanol–water partition coefficient (Wildman–Crippen LogP) is 0.228. The van der Waals surface area contributed by atoms with Crippen LogP contribution in [0.25, 0.3) is 0 Å². The van der Waals surface area contributed by atoms with Gasteiger partial charge in [0.15, 0.2) is 0 Å². The van der Waals surface area contributed by atoms with E-state index in [1.54, 1.807) is 0 Å². The lowest BCUT2D eigenvalue weighted by Crippen LogP contribution is -2.07. The van der Waals surface area contributed by atoms with Crippen molar-refractivity contribution in [1.29, 1.82) is 0 Å². The monoisotopic (exact) mass is 127 g/mol. The van der Waals surface area contributed by atoms with Crippen LogP contribution in [0.3, 0.4) is 0 Å². The molecule has 2 nitrogen and oxygen atoms in total. The predicted molar refractivity (Wildman–Crippen MR) is 35.0 cm³/mol. The maximum atomic E-state index is 5.54. The number of hydrogen-bond donors (Lipinski definition) is 1. The van der Waals surface area contributed by atoms with Gasteiger partial charge in [-0.05, 0) is 30.7 Å². The van der Waals surface area contributed by atoms with Crippen LogP contribution in [-0.2, 0) is 4.74 Å². The summed E-state index contributed by atoms with van der Waals surface area (Å²) in [5, 5.41) is 0. The molecule has 1 saturated heterocycles. The third-order valence-electron chi connectivity index (χ3n) is 2.69. The van der Waals surface area contributed by atoms with Crippen LogP contribution in [0.1, 0.15) is 6.42 Å². The van der Waals surface area contributed by atoms with E-state index in [0.29, 0.717) is 0 Å². The van der Waals surface area contributed by atoms with Gasteiger partial charge in [0, 0.05) is 13.2 Å².